The van der Waals surface area contributed by atoms with E-state index < -0.39 is 4.92 Å². The van der Waals surface area contributed by atoms with Gasteiger partial charge in [-0.1, -0.05) is 52.0 Å². The maximum absolute atomic E-state index is 13.2. The quantitative estimate of drug-likeness (QED) is 0.143. The average molecular weight is 559 g/mol. The van der Waals surface area contributed by atoms with Crippen LogP contribution in [0.5, 0.6) is 5.75 Å². The Labute approximate surface area is 212 Å². The van der Waals surface area contributed by atoms with Crippen molar-refractivity contribution in [2.75, 3.05) is 0 Å². The first kappa shape index (κ1) is 24.1. The third-order valence-corrected chi connectivity index (χ3v) is 6.80. The van der Waals surface area contributed by atoms with Gasteiger partial charge in [0.15, 0.2) is 0 Å². The van der Waals surface area contributed by atoms with E-state index in [9.17, 15) is 19.3 Å². The molecule has 10 heteroatoms. The normalized spacial score (nSPS) is 14.6. The van der Waals surface area contributed by atoms with Crippen LogP contribution in [0.1, 0.15) is 16.7 Å². The van der Waals surface area contributed by atoms with Gasteiger partial charge >= 0.3 is 0 Å². The van der Waals surface area contributed by atoms with Crippen molar-refractivity contribution in [2.24, 2.45) is 0 Å². The molecule has 1 amide bonds. The number of nitrogens with zero attached hydrogens (tertiary/aromatic N) is 2. The molecule has 1 saturated heterocycles. The molecular weight excluding hydrogens is 543 g/mol. The summed E-state index contributed by atoms with van der Waals surface area (Å²) in [6.45, 7) is 0.455. The van der Waals surface area contributed by atoms with Crippen LogP contribution in [0.4, 0.5) is 10.1 Å². The topological polar surface area (TPSA) is 72.7 Å². The fraction of sp³-hybridized carbons (Fsp3) is 0.0833. The number of halogens is 2. The summed E-state index contributed by atoms with van der Waals surface area (Å²) in [4.78, 5) is 25.3. The van der Waals surface area contributed by atoms with E-state index in [1.807, 2.05) is 12.1 Å². The number of amides is 1. The molecule has 1 fully saturated rings. The third kappa shape index (κ3) is 5.69. The van der Waals surface area contributed by atoms with E-state index in [1.54, 1.807) is 36.4 Å². The summed E-state index contributed by atoms with van der Waals surface area (Å²) >= 11 is 10.0. The first-order chi connectivity index (χ1) is 16.3. The number of non-ortho nitro benzene ring substituents is 1. The molecule has 0 bridgehead atoms. The molecule has 1 aliphatic rings. The van der Waals surface area contributed by atoms with Crippen LogP contribution < -0.4 is 4.74 Å². The van der Waals surface area contributed by atoms with Crippen molar-refractivity contribution in [3.8, 4) is 5.75 Å². The molecule has 34 heavy (non-hydrogen) atoms. The van der Waals surface area contributed by atoms with Crippen molar-refractivity contribution < 1.29 is 18.8 Å². The second-order valence-electron chi connectivity index (χ2n) is 7.29. The maximum atomic E-state index is 13.2. The van der Waals surface area contributed by atoms with Crippen LogP contribution in [0.15, 0.2) is 76.1 Å². The van der Waals surface area contributed by atoms with Crippen LogP contribution >= 0.6 is 39.9 Å². The molecule has 0 unspecified atom stereocenters. The Morgan fingerprint density at radius 2 is 1.76 bits per heavy atom. The lowest BCUT2D eigenvalue weighted by atomic mass is 10.1. The van der Waals surface area contributed by atoms with Crippen molar-refractivity contribution >= 4 is 61.9 Å². The van der Waals surface area contributed by atoms with Gasteiger partial charge < -0.3 is 4.74 Å². The first-order valence-corrected chi connectivity index (χ1v) is 12.0. The van der Waals surface area contributed by atoms with E-state index in [1.165, 1.54) is 40.9 Å². The molecule has 0 saturated carbocycles. The number of benzene rings is 3. The summed E-state index contributed by atoms with van der Waals surface area (Å²) in [6, 6.07) is 17.5. The highest BCUT2D eigenvalue weighted by atomic mass is 79.9. The van der Waals surface area contributed by atoms with Crippen molar-refractivity contribution in [1.82, 2.24) is 4.90 Å². The van der Waals surface area contributed by atoms with Crippen LogP contribution in [0.3, 0.4) is 0 Å². The van der Waals surface area contributed by atoms with E-state index in [0.717, 1.165) is 15.6 Å². The molecule has 3 aromatic carbocycles. The molecule has 0 aliphatic carbocycles. The van der Waals surface area contributed by atoms with Crippen molar-refractivity contribution in [3.63, 3.8) is 0 Å². The minimum atomic E-state index is -0.455. The Hall–Kier alpha value is -3.08. The monoisotopic (exact) mass is 558 g/mol. The lowest BCUT2D eigenvalue weighted by molar-refractivity contribution is -0.384. The van der Waals surface area contributed by atoms with E-state index in [-0.39, 0.29) is 30.6 Å². The number of carbonyl (C=O) groups is 1. The van der Waals surface area contributed by atoms with Gasteiger partial charge in [-0.05, 0) is 59.7 Å². The first-order valence-electron chi connectivity index (χ1n) is 9.95. The van der Waals surface area contributed by atoms with Gasteiger partial charge in [-0.2, -0.15) is 0 Å². The van der Waals surface area contributed by atoms with Gasteiger partial charge in [-0.25, -0.2) is 4.39 Å². The second kappa shape index (κ2) is 10.5. The Kier molecular flexibility index (Phi) is 7.40. The molecule has 0 aromatic heterocycles. The van der Waals surface area contributed by atoms with Gasteiger partial charge in [0.2, 0.25) is 0 Å². The van der Waals surface area contributed by atoms with Gasteiger partial charge in [0.25, 0.3) is 11.6 Å². The highest BCUT2D eigenvalue weighted by Crippen LogP contribution is 2.36. The van der Waals surface area contributed by atoms with E-state index in [0.29, 0.717) is 20.5 Å². The number of hydrogen-bond acceptors (Lipinski definition) is 6. The minimum absolute atomic E-state index is 0.00995. The molecular formula is C24H16BrFN2O4S2. The number of nitro groups is 1. The highest BCUT2D eigenvalue weighted by Gasteiger charge is 2.32. The largest absolute Gasteiger partial charge is 0.488 e. The Morgan fingerprint density at radius 1 is 1.09 bits per heavy atom. The zero-order valence-electron chi connectivity index (χ0n) is 17.4. The van der Waals surface area contributed by atoms with E-state index in [2.05, 4.69) is 15.9 Å². The fourth-order valence-electron chi connectivity index (χ4n) is 3.19. The highest BCUT2D eigenvalue weighted by molar-refractivity contribution is 9.10. The predicted molar refractivity (Wildman–Crippen MR) is 137 cm³/mol. The average Bonchev–Trinajstić information content (AvgIpc) is 3.07. The molecule has 6 nitrogen and oxygen atoms in total. The van der Waals surface area contributed by atoms with Crippen molar-refractivity contribution in [2.45, 2.75) is 13.2 Å². The summed E-state index contributed by atoms with van der Waals surface area (Å²) < 4.78 is 20.4. The number of nitro benzene ring substituents is 1. The summed E-state index contributed by atoms with van der Waals surface area (Å²) in [5, 5.41) is 10.8. The zero-order valence-corrected chi connectivity index (χ0v) is 20.7. The van der Waals surface area contributed by atoms with Crippen LogP contribution in [0, 0.1) is 15.9 Å². The standard InChI is InChI=1S/C24H16BrFN2O4S2/c25-18-5-10-21(32-14-16-3-8-20(9-4-16)28(30)31)17(11-18)12-22-23(29)27(24(33)34-22)13-15-1-6-19(26)7-2-15/h1-12H,13-14H2. The Bertz CT molecular complexity index is 1300. The van der Waals surface area contributed by atoms with Gasteiger partial charge in [0.05, 0.1) is 16.4 Å². The fourth-order valence-corrected chi connectivity index (χ4v) is 4.81. The lowest BCUT2D eigenvalue weighted by Gasteiger charge is -2.14. The minimum Gasteiger partial charge on any atom is -0.488 e. The molecule has 0 spiro atoms. The molecule has 3 aromatic rings. The number of ether oxygens (including phenoxy) is 1. The predicted octanol–water partition coefficient (Wildman–Crippen LogP) is 6.48. The summed E-state index contributed by atoms with van der Waals surface area (Å²) in [6.07, 6.45) is 1.72. The summed E-state index contributed by atoms with van der Waals surface area (Å²) in [7, 11) is 0. The van der Waals surface area contributed by atoms with Crippen LogP contribution in [0.2, 0.25) is 0 Å². The molecule has 1 heterocycles. The number of carbonyl (C=O) groups excluding carboxylic acids is 1. The smallest absolute Gasteiger partial charge is 0.269 e. The number of hydrogen-bond donors (Lipinski definition) is 0. The lowest BCUT2D eigenvalue weighted by Crippen LogP contribution is -2.27. The van der Waals surface area contributed by atoms with Crippen molar-refractivity contribution in [3.05, 3.63) is 109 Å². The number of thiocarbonyl (C=S) groups is 1. The number of thioether (sulfide) groups is 1. The molecule has 0 radical (unpaired) electrons. The molecule has 4 rings (SSSR count). The third-order valence-electron chi connectivity index (χ3n) is 4.93. The van der Waals surface area contributed by atoms with Crippen LogP contribution in [0.25, 0.3) is 6.08 Å². The van der Waals surface area contributed by atoms with Gasteiger partial charge in [-0.3, -0.25) is 19.8 Å². The molecule has 0 atom stereocenters. The maximum Gasteiger partial charge on any atom is 0.269 e. The zero-order chi connectivity index (χ0) is 24.2. The molecule has 0 N–H and O–H groups in total. The van der Waals surface area contributed by atoms with Gasteiger partial charge in [-0.15, -0.1) is 0 Å². The van der Waals surface area contributed by atoms with E-state index >= 15 is 0 Å². The summed E-state index contributed by atoms with van der Waals surface area (Å²) in [5.74, 6) is -0.0316. The second-order valence-corrected chi connectivity index (χ2v) is 9.88. The van der Waals surface area contributed by atoms with Crippen LogP contribution in [-0.2, 0) is 17.9 Å². The van der Waals surface area contributed by atoms with Crippen LogP contribution in [-0.4, -0.2) is 20.1 Å². The van der Waals surface area contributed by atoms with E-state index in [4.69, 9.17) is 17.0 Å². The van der Waals surface area contributed by atoms with Gasteiger partial charge in [0.1, 0.15) is 22.5 Å². The molecule has 172 valence electrons. The van der Waals surface area contributed by atoms with Crippen molar-refractivity contribution in [1.29, 1.82) is 0 Å². The Balaban J connectivity index is 1.52. The molecule has 1 aliphatic heterocycles. The Morgan fingerprint density at radius 3 is 2.44 bits per heavy atom. The SMILES string of the molecule is O=C1C(=Cc2cc(Br)ccc2OCc2ccc([N+](=O)[O-])cc2)SC(=S)N1Cc1ccc(F)cc1. The summed E-state index contributed by atoms with van der Waals surface area (Å²) in [5.41, 5.74) is 2.23. The van der Waals surface area contributed by atoms with Gasteiger partial charge in [0, 0.05) is 22.2 Å². The number of rotatable bonds is 7.